The molecule has 38 heavy (non-hydrogen) atoms. The Labute approximate surface area is 238 Å². The molecule has 0 bridgehead atoms. The average Bonchev–Trinajstić information content (AvgIpc) is 2.91. The van der Waals surface area contributed by atoms with E-state index in [2.05, 4.69) is 145 Å². The molecule has 0 N–H and O–H groups in total. The monoisotopic (exact) mass is 568 g/mol. The number of hydrogen-bond acceptors (Lipinski definition) is 6. The summed E-state index contributed by atoms with van der Waals surface area (Å²) in [5.41, 5.74) is 0. The summed E-state index contributed by atoms with van der Waals surface area (Å²) in [6.07, 6.45) is 12.4. The fourth-order valence-corrected chi connectivity index (χ4v) is 28.4. The van der Waals surface area contributed by atoms with Crippen LogP contribution in [0.2, 0.25) is 0 Å². The minimum atomic E-state index is -2.92. The Morgan fingerprint density at radius 3 is 0.632 bits per heavy atom. The standard InChI is InChI=1S/C30H62N6P2/c1-13-25-34(26-14-2)38(35(27-15-3)28-16-4,36(29-17-5)30-18-6)37(31(19-7)20-8,32(21-9)22-10)33(23-11)24-12/h13-18,37-38H,1-6,19-30H2,7-12H3. The average molecular weight is 569 g/mol. The fourth-order valence-electron chi connectivity index (χ4n) is 6.39. The van der Waals surface area contributed by atoms with E-state index < -0.39 is 14.8 Å². The van der Waals surface area contributed by atoms with Crippen LogP contribution in [0.1, 0.15) is 41.5 Å². The maximum atomic E-state index is 4.24. The Bertz CT molecular complexity index is 594. The molecule has 0 saturated carbocycles. The zero-order valence-electron chi connectivity index (χ0n) is 25.9. The van der Waals surface area contributed by atoms with E-state index in [4.69, 9.17) is 0 Å². The zero-order valence-corrected chi connectivity index (χ0v) is 27.9. The predicted octanol–water partition coefficient (Wildman–Crippen LogP) is 6.94. The first-order valence-electron chi connectivity index (χ1n) is 14.5. The number of rotatable bonds is 25. The van der Waals surface area contributed by atoms with Crippen LogP contribution in [0.4, 0.5) is 0 Å². The van der Waals surface area contributed by atoms with Gasteiger partial charge in [-0.2, -0.15) is 0 Å². The van der Waals surface area contributed by atoms with Gasteiger partial charge in [0.15, 0.2) is 0 Å². The van der Waals surface area contributed by atoms with E-state index in [-0.39, 0.29) is 0 Å². The summed E-state index contributed by atoms with van der Waals surface area (Å²) >= 11 is 0. The van der Waals surface area contributed by atoms with Crippen LogP contribution in [0.3, 0.4) is 0 Å². The van der Waals surface area contributed by atoms with Gasteiger partial charge in [-0.1, -0.05) is 0 Å². The third-order valence-corrected chi connectivity index (χ3v) is 25.1. The molecule has 0 atom stereocenters. The van der Waals surface area contributed by atoms with Gasteiger partial charge in [0.1, 0.15) is 0 Å². The van der Waals surface area contributed by atoms with E-state index >= 15 is 0 Å². The maximum absolute atomic E-state index is 4.24. The molecule has 0 amide bonds. The van der Waals surface area contributed by atoms with Gasteiger partial charge >= 0.3 is 239 Å². The summed E-state index contributed by atoms with van der Waals surface area (Å²) in [6.45, 7) is 49.9. The molecule has 0 unspecified atom stereocenters. The molecule has 0 aliphatic heterocycles. The molecule has 0 radical (unpaired) electrons. The Morgan fingerprint density at radius 1 is 0.342 bits per heavy atom. The number of hydrogen-bond donors (Lipinski definition) is 0. The van der Waals surface area contributed by atoms with E-state index in [9.17, 15) is 0 Å². The van der Waals surface area contributed by atoms with Crippen molar-refractivity contribution in [3.05, 3.63) is 75.9 Å². The summed E-state index contributed by atoms with van der Waals surface area (Å²) in [7, 11) is -5.66. The van der Waals surface area contributed by atoms with Crippen LogP contribution in [-0.4, -0.2) is 107 Å². The Hall–Kier alpha value is -0.940. The predicted molar refractivity (Wildman–Crippen MR) is 181 cm³/mol. The summed E-state index contributed by atoms with van der Waals surface area (Å²) < 4.78 is 16.7. The second-order valence-electron chi connectivity index (χ2n) is 9.23. The third-order valence-electron chi connectivity index (χ3n) is 7.48. The van der Waals surface area contributed by atoms with Crippen LogP contribution in [0.25, 0.3) is 0 Å². The molecule has 0 aromatic carbocycles. The topological polar surface area (TPSA) is 19.4 Å². The van der Waals surface area contributed by atoms with Gasteiger partial charge < -0.3 is 0 Å². The van der Waals surface area contributed by atoms with Crippen molar-refractivity contribution in [2.45, 2.75) is 41.5 Å². The molecule has 0 heterocycles. The summed E-state index contributed by atoms with van der Waals surface area (Å²) in [5, 5.41) is 0. The second kappa shape index (κ2) is 20.0. The second-order valence-corrected chi connectivity index (χ2v) is 19.6. The quantitative estimate of drug-likeness (QED) is 0.0872. The van der Waals surface area contributed by atoms with E-state index in [1.54, 1.807) is 0 Å². The molecule has 0 fully saturated rings. The minimum absolute atomic E-state index is 0.770. The van der Waals surface area contributed by atoms with E-state index in [1.807, 2.05) is 0 Å². The van der Waals surface area contributed by atoms with Gasteiger partial charge in [-0.3, -0.25) is 0 Å². The van der Waals surface area contributed by atoms with E-state index in [0.29, 0.717) is 0 Å². The van der Waals surface area contributed by atoms with Crippen molar-refractivity contribution in [2.75, 3.05) is 78.5 Å². The van der Waals surface area contributed by atoms with Crippen molar-refractivity contribution in [1.29, 1.82) is 0 Å². The summed E-state index contributed by atoms with van der Waals surface area (Å²) in [5.74, 6) is 0. The fraction of sp³-hybridized carbons (Fsp3) is 0.600. The van der Waals surface area contributed by atoms with Crippen LogP contribution >= 0.6 is 14.8 Å². The van der Waals surface area contributed by atoms with Gasteiger partial charge in [0, 0.05) is 0 Å². The van der Waals surface area contributed by atoms with Crippen molar-refractivity contribution in [3.8, 4) is 0 Å². The van der Waals surface area contributed by atoms with Crippen LogP contribution in [0.15, 0.2) is 75.9 Å². The van der Waals surface area contributed by atoms with Crippen LogP contribution in [-0.2, 0) is 0 Å². The summed E-state index contributed by atoms with van der Waals surface area (Å²) in [6, 6.07) is 0. The molecule has 0 aromatic rings. The van der Waals surface area contributed by atoms with Crippen molar-refractivity contribution >= 4 is 14.8 Å². The van der Waals surface area contributed by atoms with Crippen LogP contribution in [0, 0.1) is 0 Å². The van der Waals surface area contributed by atoms with Gasteiger partial charge in [-0.15, -0.1) is 0 Å². The van der Waals surface area contributed by atoms with Gasteiger partial charge in [-0.25, -0.2) is 0 Å². The van der Waals surface area contributed by atoms with Crippen LogP contribution < -0.4 is 0 Å². The van der Waals surface area contributed by atoms with Crippen LogP contribution in [0.5, 0.6) is 0 Å². The molecule has 8 heteroatoms. The van der Waals surface area contributed by atoms with Crippen molar-refractivity contribution < 1.29 is 0 Å². The Balaban J connectivity index is 8.79. The Kier molecular flexibility index (Phi) is 19.5. The van der Waals surface area contributed by atoms with Gasteiger partial charge in [-0.05, 0) is 0 Å². The molecule has 0 aliphatic rings. The zero-order chi connectivity index (χ0) is 29.2. The first kappa shape index (κ1) is 37.1. The first-order valence-corrected chi connectivity index (χ1v) is 19.2. The summed E-state index contributed by atoms with van der Waals surface area (Å²) in [4.78, 5) is 0. The molecule has 0 saturated heterocycles. The Morgan fingerprint density at radius 2 is 0.500 bits per heavy atom. The molecule has 6 nitrogen and oxygen atoms in total. The van der Waals surface area contributed by atoms with E-state index in [0.717, 1.165) is 78.5 Å². The van der Waals surface area contributed by atoms with E-state index in [1.165, 1.54) is 0 Å². The normalized spacial score (nSPS) is 13.5. The molecule has 0 aliphatic carbocycles. The third kappa shape index (κ3) is 7.42. The molecular formula is C30H62N6P2. The molecule has 0 aromatic heterocycles. The molecule has 222 valence electrons. The number of nitrogens with zero attached hydrogens (tertiary/aromatic N) is 6. The SMILES string of the molecule is C=CCN(CC=C)[PH](N(CC=C)CC=C)(N(CC=C)CC=C)[PH](N(CC)CC)(N(CC)CC)N(CC)CC. The van der Waals surface area contributed by atoms with Crippen molar-refractivity contribution in [2.24, 2.45) is 0 Å². The molecule has 0 rings (SSSR count). The first-order chi connectivity index (χ1) is 18.4. The molecule has 0 spiro atoms. The van der Waals surface area contributed by atoms with Gasteiger partial charge in [0.2, 0.25) is 0 Å². The van der Waals surface area contributed by atoms with Gasteiger partial charge in [0.25, 0.3) is 0 Å². The molecular weight excluding hydrogens is 506 g/mol. The van der Waals surface area contributed by atoms with Crippen molar-refractivity contribution in [1.82, 2.24) is 28.0 Å². The van der Waals surface area contributed by atoms with Gasteiger partial charge in [0.05, 0.1) is 0 Å². The van der Waals surface area contributed by atoms with Crippen molar-refractivity contribution in [3.63, 3.8) is 0 Å².